The number of benzene rings is 2. The van der Waals surface area contributed by atoms with Crippen LogP contribution < -0.4 is 20.3 Å². The molecular weight excluding hydrogens is 470 g/mol. The number of hydrogen-bond donors (Lipinski definition) is 2. The third kappa shape index (κ3) is 4.99. The van der Waals surface area contributed by atoms with Gasteiger partial charge in [0.05, 0.1) is 42.9 Å². The second-order valence-electron chi connectivity index (χ2n) is 7.82. The van der Waals surface area contributed by atoms with Gasteiger partial charge < -0.3 is 24.3 Å². The van der Waals surface area contributed by atoms with Gasteiger partial charge in [-0.05, 0) is 38.1 Å². The lowest BCUT2D eigenvalue weighted by Gasteiger charge is -2.14. The molecule has 9 heteroatoms. The zero-order chi connectivity index (χ0) is 25.1. The zero-order valence-electron chi connectivity index (χ0n) is 19.7. The topological polar surface area (TPSA) is 106 Å². The second kappa shape index (κ2) is 10.2. The molecular formula is C26H24ClN3O5. The SMILES string of the molecule is COc1cc(OC)c(NC(=O)c2cc3c(CO)cnc(C)c3oc2=Nc2ccc(C)cc2)cc1Cl. The molecule has 0 aliphatic rings. The van der Waals surface area contributed by atoms with E-state index in [4.69, 9.17) is 25.5 Å². The number of carbonyl (C=O) groups excluding carboxylic acids is 1. The number of aryl methyl sites for hydroxylation is 2. The van der Waals surface area contributed by atoms with Gasteiger partial charge in [0.2, 0.25) is 5.55 Å². The van der Waals surface area contributed by atoms with E-state index in [0.29, 0.717) is 50.1 Å². The molecule has 4 rings (SSSR count). The normalized spacial score (nSPS) is 11.5. The average molecular weight is 494 g/mol. The molecule has 0 aliphatic heterocycles. The highest BCUT2D eigenvalue weighted by molar-refractivity contribution is 6.32. The van der Waals surface area contributed by atoms with Crippen LogP contribution in [-0.4, -0.2) is 30.2 Å². The van der Waals surface area contributed by atoms with Crippen LogP contribution in [0.4, 0.5) is 11.4 Å². The number of amides is 1. The molecule has 2 aromatic heterocycles. The Balaban J connectivity index is 1.90. The minimum absolute atomic E-state index is 0.0948. The van der Waals surface area contributed by atoms with Gasteiger partial charge in [0.15, 0.2) is 5.58 Å². The number of aliphatic hydroxyl groups excluding tert-OH is 1. The van der Waals surface area contributed by atoms with Crippen molar-refractivity contribution in [3.05, 3.63) is 81.6 Å². The Hall–Kier alpha value is -3.88. The molecule has 35 heavy (non-hydrogen) atoms. The molecule has 0 spiro atoms. The summed E-state index contributed by atoms with van der Waals surface area (Å²) in [6.45, 7) is 3.49. The molecule has 0 aliphatic carbocycles. The Morgan fingerprint density at radius 1 is 1.11 bits per heavy atom. The predicted molar refractivity (Wildman–Crippen MR) is 134 cm³/mol. The first-order valence-electron chi connectivity index (χ1n) is 10.7. The maximum atomic E-state index is 13.5. The molecule has 0 atom stereocenters. The standard InChI is InChI=1S/C26H24ClN3O5/c1-14-5-7-17(8-6-14)29-26-19(9-18-16(13-31)12-28-15(2)24(18)35-26)25(32)30-21-10-20(27)22(33-3)11-23(21)34-4/h5-12,31H,13H2,1-4H3,(H,30,32). The Morgan fingerprint density at radius 3 is 2.49 bits per heavy atom. The van der Waals surface area contributed by atoms with Crippen molar-refractivity contribution in [2.24, 2.45) is 4.99 Å². The molecule has 0 radical (unpaired) electrons. The number of rotatable bonds is 6. The summed E-state index contributed by atoms with van der Waals surface area (Å²) >= 11 is 6.27. The summed E-state index contributed by atoms with van der Waals surface area (Å²) < 4.78 is 16.7. The first kappa shape index (κ1) is 24.3. The number of carbonyl (C=O) groups is 1. The number of halogens is 1. The fraction of sp³-hybridized carbons (Fsp3) is 0.192. The van der Waals surface area contributed by atoms with E-state index in [1.165, 1.54) is 14.2 Å². The monoisotopic (exact) mass is 493 g/mol. The van der Waals surface area contributed by atoms with Gasteiger partial charge in [0, 0.05) is 23.2 Å². The minimum Gasteiger partial charge on any atom is -0.495 e. The van der Waals surface area contributed by atoms with Crippen molar-refractivity contribution >= 4 is 39.9 Å². The molecule has 0 saturated heterocycles. The van der Waals surface area contributed by atoms with E-state index in [9.17, 15) is 9.90 Å². The van der Waals surface area contributed by atoms with Crippen LogP contribution in [0.1, 0.15) is 27.2 Å². The van der Waals surface area contributed by atoms with E-state index in [1.54, 1.807) is 31.3 Å². The summed E-state index contributed by atoms with van der Waals surface area (Å²) in [4.78, 5) is 22.4. The molecule has 2 N–H and O–H groups in total. The molecule has 0 fully saturated rings. The van der Waals surface area contributed by atoms with E-state index in [0.717, 1.165) is 5.56 Å². The summed E-state index contributed by atoms with van der Waals surface area (Å²) in [5, 5.41) is 13.5. The molecule has 8 nitrogen and oxygen atoms in total. The maximum Gasteiger partial charge on any atom is 0.261 e. The van der Waals surface area contributed by atoms with E-state index in [1.807, 2.05) is 31.2 Å². The van der Waals surface area contributed by atoms with E-state index < -0.39 is 5.91 Å². The largest absolute Gasteiger partial charge is 0.495 e. The van der Waals surface area contributed by atoms with Gasteiger partial charge in [-0.15, -0.1) is 0 Å². The van der Waals surface area contributed by atoms with Crippen LogP contribution in [0.5, 0.6) is 11.5 Å². The Morgan fingerprint density at radius 2 is 1.83 bits per heavy atom. The van der Waals surface area contributed by atoms with Gasteiger partial charge in [-0.1, -0.05) is 29.3 Å². The molecule has 180 valence electrons. The fourth-order valence-corrected chi connectivity index (χ4v) is 3.78. The van der Waals surface area contributed by atoms with Gasteiger partial charge in [-0.25, -0.2) is 4.99 Å². The van der Waals surface area contributed by atoms with Crippen molar-refractivity contribution in [1.82, 2.24) is 4.98 Å². The first-order valence-corrected chi connectivity index (χ1v) is 11.1. The van der Waals surface area contributed by atoms with Crippen LogP contribution in [0, 0.1) is 13.8 Å². The third-order valence-corrected chi connectivity index (χ3v) is 5.75. The lowest BCUT2D eigenvalue weighted by molar-refractivity contribution is 0.102. The molecule has 0 unspecified atom stereocenters. The second-order valence-corrected chi connectivity index (χ2v) is 8.23. The number of pyridine rings is 1. The number of ether oxygens (including phenoxy) is 2. The highest BCUT2D eigenvalue weighted by Gasteiger charge is 2.19. The summed E-state index contributed by atoms with van der Waals surface area (Å²) in [6.07, 6.45) is 1.55. The number of aliphatic hydroxyl groups is 1. The van der Waals surface area contributed by atoms with E-state index >= 15 is 0 Å². The quantitative estimate of drug-likeness (QED) is 0.387. The lowest BCUT2D eigenvalue weighted by atomic mass is 10.1. The Labute approximate surface area is 206 Å². The average Bonchev–Trinajstić information content (AvgIpc) is 2.85. The van der Waals surface area contributed by atoms with Crippen LogP contribution >= 0.6 is 11.6 Å². The zero-order valence-corrected chi connectivity index (χ0v) is 20.4. The van der Waals surface area contributed by atoms with Crippen LogP contribution in [0.3, 0.4) is 0 Å². The van der Waals surface area contributed by atoms with Crippen molar-refractivity contribution in [1.29, 1.82) is 0 Å². The highest BCUT2D eigenvalue weighted by Crippen LogP contribution is 2.36. The number of methoxy groups -OCH3 is 2. The molecule has 4 aromatic rings. The van der Waals surface area contributed by atoms with Crippen molar-refractivity contribution in [2.45, 2.75) is 20.5 Å². The number of nitrogens with one attached hydrogen (secondary N) is 1. The van der Waals surface area contributed by atoms with Gasteiger partial charge in [0.1, 0.15) is 17.1 Å². The van der Waals surface area contributed by atoms with Crippen molar-refractivity contribution in [3.63, 3.8) is 0 Å². The smallest absolute Gasteiger partial charge is 0.261 e. The van der Waals surface area contributed by atoms with Crippen LogP contribution in [0.2, 0.25) is 5.02 Å². The lowest BCUT2D eigenvalue weighted by Crippen LogP contribution is -2.22. The van der Waals surface area contributed by atoms with Crippen molar-refractivity contribution < 1.29 is 23.8 Å². The minimum atomic E-state index is -0.501. The fourth-order valence-electron chi connectivity index (χ4n) is 3.54. The molecule has 2 aromatic carbocycles. The van der Waals surface area contributed by atoms with Gasteiger partial charge in [-0.2, -0.15) is 0 Å². The highest BCUT2D eigenvalue weighted by atomic mass is 35.5. The molecule has 2 heterocycles. The summed E-state index contributed by atoms with van der Waals surface area (Å²) in [5.74, 6) is 0.276. The summed E-state index contributed by atoms with van der Waals surface area (Å²) in [6, 6.07) is 12.3. The maximum absolute atomic E-state index is 13.5. The first-order chi connectivity index (χ1) is 16.8. The number of fused-ring (bicyclic) bond motifs is 1. The molecule has 0 saturated carbocycles. The van der Waals surface area contributed by atoms with E-state index in [-0.39, 0.29) is 17.7 Å². The van der Waals surface area contributed by atoms with Crippen LogP contribution in [0.25, 0.3) is 11.0 Å². The van der Waals surface area contributed by atoms with Crippen molar-refractivity contribution in [2.75, 3.05) is 19.5 Å². The van der Waals surface area contributed by atoms with Crippen LogP contribution in [-0.2, 0) is 6.61 Å². The van der Waals surface area contributed by atoms with Gasteiger partial charge in [-0.3, -0.25) is 9.78 Å². The third-order valence-electron chi connectivity index (χ3n) is 5.45. The summed E-state index contributed by atoms with van der Waals surface area (Å²) in [5.41, 5.74) is 3.85. The van der Waals surface area contributed by atoms with Gasteiger partial charge >= 0.3 is 0 Å². The van der Waals surface area contributed by atoms with E-state index in [2.05, 4.69) is 15.3 Å². The van der Waals surface area contributed by atoms with Crippen LogP contribution in [0.15, 0.2) is 58.1 Å². The Bertz CT molecular complexity index is 1480. The predicted octanol–water partition coefficient (Wildman–Crippen LogP) is 5.09. The Kier molecular flexibility index (Phi) is 7.04. The molecule has 0 bridgehead atoms. The van der Waals surface area contributed by atoms with Gasteiger partial charge in [0.25, 0.3) is 5.91 Å². The summed E-state index contributed by atoms with van der Waals surface area (Å²) in [7, 11) is 2.97. The number of hydrogen-bond acceptors (Lipinski definition) is 7. The van der Waals surface area contributed by atoms with Crippen molar-refractivity contribution in [3.8, 4) is 11.5 Å². The number of nitrogens with zero attached hydrogens (tertiary/aromatic N) is 2. The number of aromatic nitrogens is 1. The molecule has 1 amide bonds. The number of anilines is 1.